The van der Waals surface area contributed by atoms with Crippen molar-refractivity contribution >= 4 is 33.5 Å². The zero-order chi connectivity index (χ0) is 21.7. The van der Waals surface area contributed by atoms with Crippen molar-refractivity contribution in [2.45, 2.75) is 17.4 Å². The molecule has 2 aromatic carbocycles. The summed E-state index contributed by atoms with van der Waals surface area (Å²) < 4.78 is 32.6. The van der Waals surface area contributed by atoms with Crippen LogP contribution in [-0.4, -0.2) is 62.6 Å². The van der Waals surface area contributed by atoms with Crippen LogP contribution in [0.3, 0.4) is 0 Å². The predicted molar refractivity (Wildman–Crippen MR) is 111 cm³/mol. The second-order valence-corrected chi connectivity index (χ2v) is 8.89. The van der Waals surface area contributed by atoms with Gasteiger partial charge in [-0.25, -0.2) is 8.42 Å². The molecule has 10 heteroatoms. The lowest BCUT2D eigenvalue weighted by Crippen LogP contribution is -2.47. The van der Waals surface area contributed by atoms with Gasteiger partial charge in [-0.2, -0.15) is 4.72 Å². The summed E-state index contributed by atoms with van der Waals surface area (Å²) in [6, 6.07) is 11.5. The van der Waals surface area contributed by atoms with E-state index in [0.717, 1.165) is 11.1 Å². The summed E-state index contributed by atoms with van der Waals surface area (Å²) in [7, 11) is -4.13. The van der Waals surface area contributed by atoms with Crippen molar-refractivity contribution < 1.29 is 27.9 Å². The Hall–Kier alpha value is -2.46. The zero-order valence-corrected chi connectivity index (χ0v) is 17.5. The fraction of sp³-hybridized carbons (Fsp3) is 0.300. The van der Waals surface area contributed by atoms with Gasteiger partial charge in [-0.15, -0.1) is 0 Å². The summed E-state index contributed by atoms with van der Waals surface area (Å²) in [5, 5.41) is 10.0. The third kappa shape index (κ3) is 5.57. The van der Waals surface area contributed by atoms with E-state index < -0.39 is 34.4 Å². The van der Waals surface area contributed by atoms with Crippen LogP contribution in [0.4, 0.5) is 0 Å². The Morgan fingerprint density at radius 3 is 2.10 bits per heavy atom. The molecule has 160 valence electrons. The standard InChI is InChI=1S/C20H21ClN2O6S/c21-16-5-1-14(2-6-16)15-3-7-17(8-4-15)30(27,28)22-18(20(25)26)13-19(24)23-9-11-29-12-10-23/h1-8,18,22H,9-13H2,(H,25,26). The van der Waals surface area contributed by atoms with Crippen molar-refractivity contribution in [2.75, 3.05) is 26.3 Å². The summed E-state index contributed by atoms with van der Waals surface area (Å²) in [6.45, 7) is 1.44. The molecule has 3 rings (SSSR count). The van der Waals surface area contributed by atoms with E-state index in [9.17, 15) is 23.1 Å². The molecule has 0 saturated carbocycles. The molecule has 2 N–H and O–H groups in total. The molecule has 1 aliphatic heterocycles. The number of nitrogens with one attached hydrogen (secondary N) is 1. The van der Waals surface area contributed by atoms with E-state index in [1.165, 1.54) is 17.0 Å². The highest BCUT2D eigenvalue weighted by atomic mass is 35.5. The van der Waals surface area contributed by atoms with Crippen molar-refractivity contribution in [1.29, 1.82) is 0 Å². The number of sulfonamides is 1. The van der Waals surface area contributed by atoms with Gasteiger partial charge in [0.05, 0.1) is 24.5 Å². The zero-order valence-electron chi connectivity index (χ0n) is 16.0. The quantitative estimate of drug-likeness (QED) is 0.664. The number of carbonyl (C=O) groups is 2. The average molecular weight is 453 g/mol. The number of nitrogens with zero attached hydrogens (tertiary/aromatic N) is 1. The van der Waals surface area contributed by atoms with Gasteiger partial charge in [0.15, 0.2) is 0 Å². The number of hydrogen-bond acceptors (Lipinski definition) is 5. The summed E-state index contributed by atoms with van der Waals surface area (Å²) in [4.78, 5) is 25.3. The van der Waals surface area contributed by atoms with Gasteiger partial charge >= 0.3 is 5.97 Å². The summed E-state index contributed by atoms with van der Waals surface area (Å²) in [5.41, 5.74) is 1.64. The van der Waals surface area contributed by atoms with E-state index in [0.29, 0.717) is 31.3 Å². The molecule has 1 heterocycles. The number of carboxylic acid groups (broad SMARTS) is 1. The molecule has 30 heavy (non-hydrogen) atoms. The molecule has 8 nitrogen and oxygen atoms in total. The first-order valence-electron chi connectivity index (χ1n) is 9.23. The van der Waals surface area contributed by atoms with Gasteiger partial charge < -0.3 is 14.7 Å². The number of benzene rings is 2. The Labute approximate surface area is 179 Å². The van der Waals surface area contributed by atoms with Crippen molar-refractivity contribution in [3.63, 3.8) is 0 Å². The van der Waals surface area contributed by atoms with E-state index in [-0.39, 0.29) is 4.90 Å². The molecule has 1 amide bonds. The summed E-state index contributed by atoms with van der Waals surface area (Å²) in [5.74, 6) is -1.86. The van der Waals surface area contributed by atoms with Crippen LogP contribution in [0.15, 0.2) is 53.4 Å². The van der Waals surface area contributed by atoms with E-state index in [2.05, 4.69) is 4.72 Å². The van der Waals surface area contributed by atoms with Crippen LogP contribution in [0.1, 0.15) is 6.42 Å². The van der Waals surface area contributed by atoms with Gasteiger partial charge in [0.2, 0.25) is 15.9 Å². The van der Waals surface area contributed by atoms with Crippen molar-refractivity contribution in [3.8, 4) is 11.1 Å². The third-order valence-corrected chi connectivity index (χ3v) is 6.42. The van der Waals surface area contributed by atoms with Gasteiger partial charge in [-0.05, 0) is 35.4 Å². The number of amides is 1. The van der Waals surface area contributed by atoms with Crippen LogP contribution in [0.25, 0.3) is 11.1 Å². The molecular weight excluding hydrogens is 432 g/mol. The van der Waals surface area contributed by atoms with Crippen LogP contribution < -0.4 is 4.72 Å². The highest BCUT2D eigenvalue weighted by Gasteiger charge is 2.30. The Kier molecular flexibility index (Phi) is 7.09. The molecule has 1 saturated heterocycles. The lowest BCUT2D eigenvalue weighted by molar-refractivity contribution is -0.144. The van der Waals surface area contributed by atoms with Crippen molar-refractivity contribution in [2.24, 2.45) is 0 Å². The van der Waals surface area contributed by atoms with Crippen LogP contribution in [0.2, 0.25) is 5.02 Å². The minimum Gasteiger partial charge on any atom is -0.480 e. The summed E-state index contributed by atoms with van der Waals surface area (Å²) >= 11 is 5.87. The Morgan fingerprint density at radius 1 is 1.03 bits per heavy atom. The first-order valence-corrected chi connectivity index (χ1v) is 11.1. The first kappa shape index (κ1) is 22.2. The molecule has 1 fully saturated rings. The second-order valence-electron chi connectivity index (χ2n) is 6.74. The number of rotatable bonds is 7. The smallest absolute Gasteiger partial charge is 0.322 e. The minimum atomic E-state index is -4.13. The lowest BCUT2D eigenvalue weighted by Gasteiger charge is -2.28. The van der Waals surface area contributed by atoms with Crippen molar-refractivity contribution in [1.82, 2.24) is 9.62 Å². The van der Waals surface area contributed by atoms with Gasteiger partial charge in [0.1, 0.15) is 6.04 Å². The highest BCUT2D eigenvalue weighted by Crippen LogP contribution is 2.23. The molecule has 1 unspecified atom stereocenters. The van der Waals surface area contributed by atoms with Gasteiger partial charge in [0.25, 0.3) is 0 Å². The average Bonchev–Trinajstić information content (AvgIpc) is 2.74. The first-order chi connectivity index (χ1) is 14.3. The van der Waals surface area contributed by atoms with Gasteiger partial charge in [-0.1, -0.05) is 35.9 Å². The lowest BCUT2D eigenvalue weighted by atomic mass is 10.1. The van der Waals surface area contributed by atoms with Crippen LogP contribution >= 0.6 is 11.6 Å². The maximum Gasteiger partial charge on any atom is 0.322 e. The van der Waals surface area contributed by atoms with Crippen LogP contribution in [-0.2, 0) is 24.3 Å². The normalized spacial score (nSPS) is 15.6. The number of carboxylic acids is 1. The topological polar surface area (TPSA) is 113 Å². The number of hydrogen-bond donors (Lipinski definition) is 2. The van der Waals surface area contributed by atoms with Crippen LogP contribution in [0, 0.1) is 0 Å². The number of aliphatic carboxylic acids is 1. The molecule has 1 aliphatic rings. The molecular formula is C20H21ClN2O6S. The maximum absolute atomic E-state index is 12.7. The number of halogens is 1. The predicted octanol–water partition coefficient (Wildman–Crippen LogP) is 1.99. The van der Waals surface area contributed by atoms with E-state index in [1.807, 2.05) is 12.1 Å². The molecule has 0 aromatic heterocycles. The summed E-state index contributed by atoms with van der Waals surface area (Å²) in [6.07, 6.45) is -0.475. The molecule has 0 radical (unpaired) electrons. The monoisotopic (exact) mass is 452 g/mol. The van der Waals surface area contributed by atoms with E-state index in [4.69, 9.17) is 16.3 Å². The Bertz CT molecular complexity index is 1000. The molecule has 1 atom stereocenters. The number of carbonyl (C=O) groups excluding carboxylic acids is 1. The maximum atomic E-state index is 12.7. The number of ether oxygens (including phenoxy) is 1. The van der Waals surface area contributed by atoms with Crippen LogP contribution in [0.5, 0.6) is 0 Å². The molecule has 0 bridgehead atoms. The Morgan fingerprint density at radius 2 is 1.57 bits per heavy atom. The molecule has 0 spiro atoms. The van der Waals surface area contributed by atoms with Gasteiger partial charge in [-0.3, -0.25) is 9.59 Å². The second kappa shape index (κ2) is 9.57. The fourth-order valence-corrected chi connectivity index (χ4v) is 4.34. The minimum absolute atomic E-state index is 0.0923. The van der Waals surface area contributed by atoms with E-state index in [1.54, 1.807) is 24.3 Å². The van der Waals surface area contributed by atoms with E-state index >= 15 is 0 Å². The molecule has 2 aromatic rings. The fourth-order valence-electron chi connectivity index (χ4n) is 3.02. The Balaban J connectivity index is 1.71. The third-order valence-electron chi connectivity index (χ3n) is 4.68. The molecule has 0 aliphatic carbocycles. The number of morpholine rings is 1. The van der Waals surface area contributed by atoms with Crippen molar-refractivity contribution in [3.05, 3.63) is 53.6 Å². The largest absolute Gasteiger partial charge is 0.480 e. The van der Waals surface area contributed by atoms with Gasteiger partial charge in [0, 0.05) is 18.1 Å². The SMILES string of the molecule is O=C(O)C(CC(=O)N1CCOCC1)NS(=O)(=O)c1ccc(-c2ccc(Cl)cc2)cc1. The highest BCUT2D eigenvalue weighted by molar-refractivity contribution is 7.89.